The molecule has 0 spiro atoms. The van der Waals surface area contributed by atoms with Gasteiger partial charge in [-0.2, -0.15) is 0 Å². The highest BCUT2D eigenvalue weighted by molar-refractivity contribution is 9.10. The summed E-state index contributed by atoms with van der Waals surface area (Å²) < 4.78 is 0.830. The van der Waals surface area contributed by atoms with E-state index < -0.39 is 11.8 Å². The number of anilines is 1. The zero-order valence-electron chi connectivity index (χ0n) is 11.2. The fraction of sp³-hybridized carbons (Fsp3) is 0.429. The molecule has 0 heterocycles. The molecule has 1 fully saturated rings. The van der Waals surface area contributed by atoms with E-state index in [-0.39, 0.29) is 12.0 Å². The van der Waals surface area contributed by atoms with Gasteiger partial charge in [0, 0.05) is 22.1 Å². The van der Waals surface area contributed by atoms with Crippen molar-refractivity contribution in [2.24, 2.45) is 5.41 Å². The van der Waals surface area contributed by atoms with E-state index in [1.807, 2.05) is 19.1 Å². The monoisotopic (exact) mass is 340 g/mol. The second-order valence-corrected chi connectivity index (χ2v) is 6.17. The van der Waals surface area contributed by atoms with Crippen LogP contribution in [0.2, 0.25) is 0 Å². The molecular formula is C14H17BrN2O3. The minimum Gasteiger partial charge on any atom is -0.396 e. The van der Waals surface area contributed by atoms with Crippen molar-refractivity contribution in [2.75, 3.05) is 18.5 Å². The van der Waals surface area contributed by atoms with Crippen LogP contribution in [0.5, 0.6) is 0 Å². The smallest absolute Gasteiger partial charge is 0.313 e. The fourth-order valence-electron chi connectivity index (χ4n) is 1.82. The molecule has 3 N–H and O–H groups in total. The van der Waals surface area contributed by atoms with E-state index >= 15 is 0 Å². The van der Waals surface area contributed by atoms with Crippen LogP contribution in [0, 0.1) is 12.3 Å². The Morgan fingerprint density at radius 1 is 1.35 bits per heavy atom. The Bertz CT molecular complexity index is 541. The number of aliphatic hydroxyl groups is 1. The zero-order valence-corrected chi connectivity index (χ0v) is 12.8. The van der Waals surface area contributed by atoms with Gasteiger partial charge in [-0.1, -0.05) is 22.0 Å². The third-order valence-corrected chi connectivity index (χ3v) is 4.06. The molecule has 0 aliphatic heterocycles. The van der Waals surface area contributed by atoms with Crippen LogP contribution in [0.1, 0.15) is 18.4 Å². The SMILES string of the molecule is Cc1ccc(Br)cc1NC(=O)C(=O)NCC1(CO)CC1. The summed E-state index contributed by atoms with van der Waals surface area (Å²) in [5, 5.41) is 14.3. The number of aryl methyl sites for hydroxylation is 1. The molecule has 0 radical (unpaired) electrons. The van der Waals surface area contributed by atoms with Crippen LogP contribution in [0.3, 0.4) is 0 Å². The molecule has 1 aliphatic carbocycles. The molecule has 0 atom stereocenters. The maximum atomic E-state index is 11.8. The molecule has 108 valence electrons. The van der Waals surface area contributed by atoms with Crippen LogP contribution < -0.4 is 10.6 Å². The predicted octanol–water partition coefficient (Wildman–Crippen LogP) is 1.58. The predicted molar refractivity (Wildman–Crippen MR) is 79.3 cm³/mol. The third-order valence-electron chi connectivity index (χ3n) is 3.57. The second kappa shape index (κ2) is 5.93. The minimum atomic E-state index is -0.695. The van der Waals surface area contributed by atoms with Crippen molar-refractivity contribution >= 4 is 33.4 Å². The summed E-state index contributed by atoms with van der Waals surface area (Å²) in [6, 6.07) is 5.46. The molecule has 20 heavy (non-hydrogen) atoms. The number of halogens is 1. The van der Waals surface area contributed by atoms with Crippen molar-refractivity contribution in [3.05, 3.63) is 28.2 Å². The van der Waals surface area contributed by atoms with Gasteiger partial charge in [-0.3, -0.25) is 9.59 Å². The highest BCUT2D eigenvalue weighted by Crippen LogP contribution is 2.44. The summed E-state index contributed by atoms with van der Waals surface area (Å²) >= 11 is 3.32. The first-order valence-electron chi connectivity index (χ1n) is 6.42. The van der Waals surface area contributed by atoms with E-state index in [9.17, 15) is 9.59 Å². The van der Waals surface area contributed by atoms with E-state index in [1.54, 1.807) is 6.07 Å². The maximum Gasteiger partial charge on any atom is 0.313 e. The van der Waals surface area contributed by atoms with Gasteiger partial charge in [0.25, 0.3) is 0 Å². The van der Waals surface area contributed by atoms with Gasteiger partial charge < -0.3 is 15.7 Å². The summed E-state index contributed by atoms with van der Waals surface area (Å²) in [6.07, 6.45) is 1.77. The average molecular weight is 341 g/mol. The molecule has 1 saturated carbocycles. The first-order valence-corrected chi connectivity index (χ1v) is 7.21. The molecular weight excluding hydrogens is 324 g/mol. The van der Waals surface area contributed by atoms with Gasteiger partial charge in [0.2, 0.25) is 0 Å². The van der Waals surface area contributed by atoms with Crippen molar-refractivity contribution < 1.29 is 14.7 Å². The van der Waals surface area contributed by atoms with Gasteiger partial charge in [0.05, 0.1) is 6.61 Å². The number of aliphatic hydroxyl groups excluding tert-OH is 1. The number of hydrogen-bond donors (Lipinski definition) is 3. The normalized spacial score (nSPS) is 15.6. The fourth-order valence-corrected chi connectivity index (χ4v) is 2.18. The van der Waals surface area contributed by atoms with E-state index in [2.05, 4.69) is 26.6 Å². The lowest BCUT2D eigenvalue weighted by Gasteiger charge is -2.13. The highest BCUT2D eigenvalue weighted by atomic mass is 79.9. The van der Waals surface area contributed by atoms with Crippen molar-refractivity contribution in [1.29, 1.82) is 0 Å². The van der Waals surface area contributed by atoms with E-state index in [0.29, 0.717) is 12.2 Å². The van der Waals surface area contributed by atoms with Crippen molar-refractivity contribution in [3.8, 4) is 0 Å². The Hall–Kier alpha value is -1.40. The summed E-state index contributed by atoms with van der Waals surface area (Å²) in [6.45, 7) is 2.23. The van der Waals surface area contributed by atoms with Crippen LogP contribution in [-0.2, 0) is 9.59 Å². The van der Waals surface area contributed by atoms with Gasteiger partial charge in [-0.05, 0) is 37.5 Å². The molecule has 5 nitrogen and oxygen atoms in total. The van der Waals surface area contributed by atoms with Gasteiger partial charge in [-0.15, -0.1) is 0 Å². The third kappa shape index (κ3) is 3.58. The standard InChI is InChI=1S/C14H17BrN2O3/c1-9-2-3-10(15)6-11(9)17-13(20)12(19)16-7-14(8-18)4-5-14/h2-3,6,18H,4-5,7-8H2,1H3,(H,16,19)(H,17,20). The molecule has 2 rings (SSSR count). The van der Waals surface area contributed by atoms with E-state index in [0.717, 1.165) is 22.9 Å². The van der Waals surface area contributed by atoms with Crippen LogP contribution in [0.15, 0.2) is 22.7 Å². The lowest BCUT2D eigenvalue weighted by atomic mass is 10.1. The molecule has 6 heteroatoms. The Morgan fingerprint density at radius 3 is 2.65 bits per heavy atom. The van der Waals surface area contributed by atoms with Crippen LogP contribution in [0.25, 0.3) is 0 Å². The van der Waals surface area contributed by atoms with Crippen LogP contribution in [-0.4, -0.2) is 30.1 Å². The lowest BCUT2D eigenvalue weighted by Crippen LogP contribution is -2.39. The Morgan fingerprint density at radius 2 is 2.05 bits per heavy atom. The number of benzene rings is 1. The molecule has 0 bridgehead atoms. The second-order valence-electron chi connectivity index (χ2n) is 5.25. The molecule has 0 aromatic heterocycles. The molecule has 0 unspecified atom stereocenters. The Labute approximate surface area is 125 Å². The minimum absolute atomic E-state index is 0.0413. The zero-order chi connectivity index (χ0) is 14.8. The van der Waals surface area contributed by atoms with E-state index in [1.165, 1.54) is 0 Å². The van der Waals surface area contributed by atoms with Crippen molar-refractivity contribution in [3.63, 3.8) is 0 Å². The van der Waals surface area contributed by atoms with Gasteiger partial charge >= 0.3 is 11.8 Å². The number of carbonyl (C=O) groups excluding carboxylic acids is 2. The number of carbonyl (C=O) groups is 2. The summed E-state index contributed by atoms with van der Waals surface area (Å²) in [5.41, 5.74) is 1.27. The van der Waals surface area contributed by atoms with Crippen LogP contribution in [0.4, 0.5) is 5.69 Å². The topological polar surface area (TPSA) is 78.4 Å². The quantitative estimate of drug-likeness (QED) is 0.728. The molecule has 1 aromatic carbocycles. The number of rotatable bonds is 4. The van der Waals surface area contributed by atoms with Gasteiger partial charge in [0.15, 0.2) is 0 Å². The van der Waals surface area contributed by atoms with Crippen LogP contribution >= 0.6 is 15.9 Å². The van der Waals surface area contributed by atoms with Crippen molar-refractivity contribution in [1.82, 2.24) is 5.32 Å². The largest absolute Gasteiger partial charge is 0.396 e. The molecule has 1 aromatic rings. The Balaban J connectivity index is 1.90. The molecule has 1 aliphatic rings. The summed E-state index contributed by atoms with van der Waals surface area (Å²) in [4.78, 5) is 23.5. The maximum absolute atomic E-state index is 11.8. The lowest BCUT2D eigenvalue weighted by molar-refractivity contribution is -0.136. The molecule has 0 saturated heterocycles. The molecule has 2 amide bonds. The van der Waals surface area contributed by atoms with Gasteiger partial charge in [-0.25, -0.2) is 0 Å². The number of amides is 2. The summed E-state index contributed by atoms with van der Waals surface area (Å²) in [7, 11) is 0. The first kappa shape index (κ1) is 15.0. The summed E-state index contributed by atoms with van der Waals surface area (Å²) in [5.74, 6) is -1.37. The average Bonchev–Trinajstić information content (AvgIpc) is 3.21. The number of nitrogens with one attached hydrogen (secondary N) is 2. The highest BCUT2D eigenvalue weighted by Gasteiger charge is 2.42. The first-order chi connectivity index (χ1) is 9.46. The number of hydrogen-bond acceptors (Lipinski definition) is 3. The van der Waals surface area contributed by atoms with Gasteiger partial charge in [0.1, 0.15) is 0 Å². The van der Waals surface area contributed by atoms with E-state index in [4.69, 9.17) is 5.11 Å². The Kier molecular flexibility index (Phi) is 4.45. The van der Waals surface area contributed by atoms with Crippen molar-refractivity contribution in [2.45, 2.75) is 19.8 Å².